The minimum Gasteiger partial charge on any atom is -0.389 e. The summed E-state index contributed by atoms with van der Waals surface area (Å²) in [5.74, 6) is 0. The Morgan fingerprint density at radius 1 is 1.33 bits per heavy atom. The second-order valence-corrected chi connectivity index (χ2v) is 4.09. The maximum absolute atomic E-state index is 9.64. The van der Waals surface area contributed by atoms with E-state index in [1.165, 1.54) is 0 Å². The Labute approximate surface area is 90.8 Å². The van der Waals surface area contributed by atoms with E-state index in [9.17, 15) is 15.3 Å². The van der Waals surface area contributed by atoms with Crippen molar-refractivity contribution in [3.05, 3.63) is 12.2 Å². The monoisotopic (exact) mass is 215 g/mol. The molecule has 4 nitrogen and oxygen atoms in total. The third-order valence-electron chi connectivity index (χ3n) is 2.71. The molecule has 1 rings (SSSR count). The summed E-state index contributed by atoms with van der Waals surface area (Å²) >= 11 is 0. The predicted molar refractivity (Wildman–Crippen MR) is 58.5 cm³/mol. The van der Waals surface area contributed by atoms with E-state index in [0.717, 1.165) is 25.9 Å². The third-order valence-corrected chi connectivity index (χ3v) is 2.71. The van der Waals surface area contributed by atoms with Gasteiger partial charge in [-0.2, -0.15) is 0 Å². The summed E-state index contributed by atoms with van der Waals surface area (Å²) in [5.41, 5.74) is 0. The number of β-amino-alcohol motifs (C(OH)–C–C–N with tert-alkyl or cyclic N) is 1. The van der Waals surface area contributed by atoms with E-state index in [1.54, 1.807) is 6.08 Å². The van der Waals surface area contributed by atoms with Crippen molar-refractivity contribution in [2.24, 2.45) is 0 Å². The zero-order chi connectivity index (χ0) is 11.3. The van der Waals surface area contributed by atoms with Crippen molar-refractivity contribution in [1.29, 1.82) is 0 Å². The van der Waals surface area contributed by atoms with E-state index >= 15 is 0 Å². The predicted octanol–water partition coefficient (Wildman–Crippen LogP) is -0.259. The smallest absolute Gasteiger partial charge is 0.111 e. The Morgan fingerprint density at radius 2 is 2.07 bits per heavy atom. The maximum Gasteiger partial charge on any atom is 0.111 e. The van der Waals surface area contributed by atoms with Crippen molar-refractivity contribution < 1.29 is 15.3 Å². The number of nitrogens with zero attached hydrogens (tertiary/aromatic N) is 1. The Hall–Kier alpha value is -0.420. The standard InChI is InChI=1S/C11H21NO3/c1-2-3-6-12-7-4-5-9(13)11(15)10(14)8-12/h4-5,9-11,13-15H,2-3,6-8H2,1H3/b5-4-/t9-,10+,11+/m1/s1. The van der Waals surface area contributed by atoms with E-state index in [-0.39, 0.29) is 0 Å². The van der Waals surface area contributed by atoms with Gasteiger partial charge < -0.3 is 15.3 Å². The first-order valence-electron chi connectivity index (χ1n) is 5.58. The number of aliphatic hydroxyl groups excluding tert-OH is 3. The van der Waals surface area contributed by atoms with Crippen LogP contribution in [0.4, 0.5) is 0 Å². The van der Waals surface area contributed by atoms with Crippen LogP contribution < -0.4 is 0 Å². The van der Waals surface area contributed by atoms with Crippen molar-refractivity contribution in [3.63, 3.8) is 0 Å². The van der Waals surface area contributed by atoms with Crippen molar-refractivity contribution in [2.45, 2.75) is 38.1 Å². The Kier molecular flexibility index (Phi) is 5.25. The number of hydrogen-bond acceptors (Lipinski definition) is 4. The van der Waals surface area contributed by atoms with Crippen LogP contribution in [-0.2, 0) is 0 Å². The third kappa shape index (κ3) is 3.91. The van der Waals surface area contributed by atoms with Crippen LogP contribution in [0.3, 0.4) is 0 Å². The topological polar surface area (TPSA) is 63.9 Å². The molecule has 1 aliphatic heterocycles. The molecular weight excluding hydrogens is 194 g/mol. The SMILES string of the molecule is CCCCN1C/C=C\[C@@H](O)[C@H](O)[C@@H](O)C1. The molecule has 0 unspecified atom stereocenters. The molecule has 0 aliphatic carbocycles. The summed E-state index contributed by atoms with van der Waals surface area (Å²) in [7, 11) is 0. The lowest BCUT2D eigenvalue weighted by Crippen LogP contribution is -2.46. The summed E-state index contributed by atoms with van der Waals surface area (Å²) in [6.07, 6.45) is 2.68. The van der Waals surface area contributed by atoms with Gasteiger partial charge in [-0.3, -0.25) is 4.90 Å². The van der Waals surface area contributed by atoms with Crippen LogP contribution in [0.15, 0.2) is 12.2 Å². The highest BCUT2D eigenvalue weighted by Gasteiger charge is 2.25. The summed E-state index contributed by atoms with van der Waals surface area (Å²) in [6, 6.07) is 0. The van der Waals surface area contributed by atoms with Crippen molar-refractivity contribution >= 4 is 0 Å². The Morgan fingerprint density at radius 3 is 2.73 bits per heavy atom. The molecule has 0 aromatic heterocycles. The van der Waals surface area contributed by atoms with Gasteiger partial charge in [-0.1, -0.05) is 25.5 Å². The first-order valence-corrected chi connectivity index (χ1v) is 5.58. The van der Waals surface area contributed by atoms with Gasteiger partial charge in [-0.15, -0.1) is 0 Å². The molecule has 0 saturated carbocycles. The second-order valence-electron chi connectivity index (χ2n) is 4.09. The van der Waals surface area contributed by atoms with E-state index in [1.807, 2.05) is 6.08 Å². The summed E-state index contributed by atoms with van der Waals surface area (Å²) in [6.45, 7) is 4.18. The molecule has 0 fully saturated rings. The molecule has 4 heteroatoms. The molecule has 1 aliphatic rings. The maximum atomic E-state index is 9.64. The quantitative estimate of drug-likeness (QED) is 0.568. The van der Waals surface area contributed by atoms with Gasteiger partial charge in [0.1, 0.15) is 12.2 Å². The van der Waals surface area contributed by atoms with E-state index in [2.05, 4.69) is 11.8 Å². The molecule has 0 saturated heterocycles. The van der Waals surface area contributed by atoms with Crippen LogP contribution >= 0.6 is 0 Å². The van der Waals surface area contributed by atoms with Gasteiger partial charge in [0.15, 0.2) is 0 Å². The first-order chi connectivity index (χ1) is 7.15. The van der Waals surface area contributed by atoms with Crippen molar-refractivity contribution in [2.75, 3.05) is 19.6 Å². The van der Waals surface area contributed by atoms with Crippen LogP contribution in [-0.4, -0.2) is 58.2 Å². The zero-order valence-corrected chi connectivity index (χ0v) is 9.21. The Bertz CT molecular complexity index is 208. The van der Waals surface area contributed by atoms with Crippen LogP contribution in [0.1, 0.15) is 19.8 Å². The largest absolute Gasteiger partial charge is 0.389 e. The molecular formula is C11H21NO3. The van der Waals surface area contributed by atoms with E-state index in [4.69, 9.17) is 0 Å². The van der Waals surface area contributed by atoms with Crippen LogP contribution in [0.5, 0.6) is 0 Å². The molecule has 3 N–H and O–H groups in total. The fourth-order valence-corrected chi connectivity index (χ4v) is 1.70. The second kappa shape index (κ2) is 6.23. The summed E-state index contributed by atoms with van der Waals surface area (Å²) in [4.78, 5) is 2.08. The molecule has 0 aromatic rings. The fourth-order valence-electron chi connectivity index (χ4n) is 1.70. The lowest BCUT2D eigenvalue weighted by molar-refractivity contribution is -0.0547. The lowest BCUT2D eigenvalue weighted by atomic mass is 10.0. The van der Waals surface area contributed by atoms with Gasteiger partial charge in [-0.25, -0.2) is 0 Å². The fraction of sp³-hybridized carbons (Fsp3) is 0.818. The Balaban J connectivity index is 2.52. The average Bonchev–Trinajstić information content (AvgIpc) is 2.22. The van der Waals surface area contributed by atoms with Crippen LogP contribution in [0.25, 0.3) is 0 Å². The van der Waals surface area contributed by atoms with Crippen LogP contribution in [0, 0.1) is 0 Å². The first kappa shape index (κ1) is 12.6. The molecule has 15 heavy (non-hydrogen) atoms. The highest BCUT2D eigenvalue weighted by molar-refractivity contribution is 4.98. The number of unbranched alkanes of at least 4 members (excludes halogenated alkanes) is 1. The molecule has 0 spiro atoms. The molecule has 0 bridgehead atoms. The van der Waals surface area contributed by atoms with Gasteiger partial charge in [0, 0.05) is 13.1 Å². The van der Waals surface area contributed by atoms with Crippen molar-refractivity contribution in [1.82, 2.24) is 4.90 Å². The van der Waals surface area contributed by atoms with Gasteiger partial charge in [0.2, 0.25) is 0 Å². The van der Waals surface area contributed by atoms with E-state index < -0.39 is 18.3 Å². The average molecular weight is 215 g/mol. The molecule has 0 radical (unpaired) electrons. The number of hydrogen-bond donors (Lipinski definition) is 3. The molecule has 3 atom stereocenters. The minimum atomic E-state index is -1.08. The molecule has 0 amide bonds. The summed E-state index contributed by atoms with van der Waals surface area (Å²) < 4.78 is 0. The highest BCUT2D eigenvalue weighted by Crippen LogP contribution is 2.08. The summed E-state index contributed by atoms with van der Waals surface area (Å²) in [5, 5.41) is 28.6. The minimum absolute atomic E-state index is 0.419. The van der Waals surface area contributed by atoms with Gasteiger partial charge in [0.05, 0.1) is 6.10 Å². The molecule has 0 aromatic carbocycles. The zero-order valence-electron chi connectivity index (χ0n) is 9.21. The normalized spacial score (nSPS) is 35.9. The van der Waals surface area contributed by atoms with E-state index in [0.29, 0.717) is 6.54 Å². The van der Waals surface area contributed by atoms with Gasteiger partial charge in [0.25, 0.3) is 0 Å². The van der Waals surface area contributed by atoms with Gasteiger partial charge in [-0.05, 0) is 13.0 Å². The number of aliphatic hydroxyl groups is 3. The number of rotatable bonds is 3. The lowest BCUT2D eigenvalue weighted by Gasteiger charge is -2.29. The highest BCUT2D eigenvalue weighted by atomic mass is 16.4. The van der Waals surface area contributed by atoms with Gasteiger partial charge >= 0.3 is 0 Å². The van der Waals surface area contributed by atoms with Crippen molar-refractivity contribution in [3.8, 4) is 0 Å². The van der Waals surface area contributed by atoms with Crippen LogP contribution in [0.2, 0.25) is 0 Å². The molecule has 1 heterocycles. The molecule has 88 valence electrons.